The molecule has 0 heterocycles. The molecule has 0 fully saturated rings. The van der Waals surface area contributed by atoms with E-state index in [-0.39, 0.29) is 5.56 Å². The molecule has 1 aromatic carbocycles. The molecule has 108 valence electrons. The lowest BCUT2D eigenvalue weighted by molar-refractivity contribution is -0.138. The van der Waals surface area contributed by atoms with Crippen LogP contribution < -0.4 is 5.32 Å². The first-order chi connectivity index (χ1) is 8.62. The quantitative estimate of drug-likeness (QED) is 0.906. The number of hydrogen-bond acceptors (Lipinski definition) is 2. The lowest BCUT2D eigenvalue weighted by Crippen LogP contribution is -2.49. The second kappa shape index (κ2) is 5.51. The standard InChI is InChI=1S/C14H21F3N2/c1-13(2,19(4)5)12(18-3)10-8-6-7-9-11(10)14(15,16)17/h6-9,12,18H,1-5H3. The summed E-state index contributed by atoms with van der Waals surface area (Å²) in [5.74, 6) is 0. The van der Waals surface area contributed by atoms with E-state index < -0.39 is 23.3 Å². The van der Waals surface area contributed by atoms with Crippen molar-refractivity contribution in [1.29, 1.82) is 0 Å². The molecular formula is C14H21F3N2. The molecule has 0 amide bonds. The number of hydrogen-bond donors (Lipinski definition) is 1. The van der Waals surface area contributed by atoms with E-state index in [4.69, 9.17) is 0 Å². The molecule has 5 heteroatoms. The molecule has 1 N–H and O–H groups in total. The SMILES string of the molecule is CNC(c1ccccc1C(F)(F)F)C(C)(C)N(C)C. The number of rotatable bonds is 4. The summed E-state index contributed by atoms with van der Waals surface area (Å²) in [6, 6.07) is 5.31. The summed E-state index contributed by atoms with van der Waals surface area (Å²) < 4.78 is 39.3. The van der Waals surface area contributed by atoms with E-state index in [0.29, 0.717) is 0 Å². The van der Waals surface area contributed by atoms with Crippen molar-refractivity contribution in [2.75, 3.05) is 21.1 Å². The highest BCUT2D eigenvalue weighted by atomic mass is 19.4. The van der Waals surface area contributed by atoms with Crippen LogP contribution in [0.4, 0.5) is 13.2 Å². The topological polar surface area (TPSA) is 15.3 Å². The zero-order valence-electron chi connectivity index (χ0n) is 12.0. The van der Waals surface area contributed by atoms with Crippen LogP contribution in [-0.2, 0) is 6.18 Å². The molecule has 0 saturated carbocycles. The summed E-state index contributed by atoms with van der Waals surface area (Å²) in [7, 11) is 5.41. The van der Waals surface area contributed by atoms with Crippen LogP contribution in [0.15, 0.2) is 24.3 Å². The van der Waals surface area contributed by atoms with E-state index in [1.165, 1.54) is 12.1 Å². The van der Waals surface area contributed by atoms with Gasteiger partial charge in [-0.25, -0.2) is 0 Å². The van der Waals surface area contributed by atoms with Crippen LogP contribution in [-0.4, -0.2) is 31.6 Å². The van der Waals surface area contributed by atoms with Gasteiger partial charge in [0.05, 0.1) is 11.6 Å². The monoisotopic (exact) mass is 274 g/mol. The van der Waals surface area contributed by atoms with Crippen molar-refractivity contribution in [2.45, 2.75) is 31.6 Å². The highest BCUT2D eigenvalue weighted by Crippen LogP contribution is 2.38. The molecule has 1 aromatic rings. The Kier molecular flexibility index (Phi) is 4.63. The fourth-order valence-corrected chi connectivity index (χ4v) is 2.15. The third kappa shape index (κ3) is 3.28. The molecule has 0 bridgehead atoms. The number of nitrogens with one attached hydrogen (secondary N) is 1. The van der Waals surface area contributed by atoms with Crippen LogP contribution in [0, 0.1) is 0 Å². The van der Waals surface area contributed by atoms with Crippen LogP contribution in [0.3, 0.4) is 0 Å². The van der Waals surface area contributed by atoms with Gasteiger partial charge in [0.2, 0.25) is 0 Å². The second-order valence-corrected chi connectivity index (χ2v) is 5.35. The predicted octanol–water partition coefficient (Wildman–Crippen LogP) is 3.31. The van der Waals surface area contributed by atoms with Crippen LogP contribution in [0.1, 0.15) is 31.0 Å². The molecule has 1 atom stereocenters. The van der Waals surface area contributed by atoms with Gasteiger partial charge >= 0.3 is 6.18 Å². The van der Waals surface area contributed by atoms with Gasteiger partial charge in [-0.2, -0.15) is 13.2 Å². The summed E-state index contributed by atoms with van der Waals surface area (Å²) >= 11 is 0. The molecule has 0 aliphatic heterocycles. The number of alkyl halides is 3. The fourth-order valence-electron chi connectivity index (χ4n) is 2.15. The Balaban J connectivity index is 3.35. The smallest absolute Gasteiger partial charge is 0.311 e. The Labute approximate surface area is 112 Å². The maximum Gasteiger partial charge on any atom is 0.416 e. The van der Waals surface area contributed by atoms with Crippen molar-refractivity contribution in [3.05, 3.63) is 35.4 Å². The first-order valence-electron chi connectivity index (χ1n) is 6.13. The lowest BCUT2D eigenvalue weighted by Gasteiger charge is -2.41. The maximum atomic E-state index is 13.1. The molecule has 0 radical (unpaired) electrons. The average molecular weight is 274 g/mol. The van der Waals surface area contributed by atoms with E-state index in [1.54, 1.807) is 13.1 Å². The van der Waals surface area contributed by atoms with Gasteiger partial charge in [0.25, 0.3) is 0 Å². The molecule has 1 unspecified atom stereocenters. The number of nitrogens with zero attached hydrogens (tertiary/aromatic N) is 1. The van der Waals surface area contributed by atoms with Crippen molar-refractivity contribution in [3.63, 3.8) is 0 Å². The van der Waals surface area contributed by atoms with E-state index in [9.17, 15) is 13.2 Å². The first kappa shape index (κ1) is 16.0. The zero-order chi connectivity index (χ0) is 14.8. The van der Waals surface area contributed by atoms with Gasteiger partial charge in [-0.05, 0) is 46.6 Å². The summed E-state index contributed by atoms with van der Waals surface area (Å²) in [5, 5.41) is 3.01. The van der Waals surface area contributed by atoms with E-state index in [1.807, 2.05) is 32.8 Å². The minimum absolute atomic E-state index is 0.274. The van der Waals surface area contributed by atoms with E-state index >= 15 is 0 Å². The van der Waals surface area contributed by atoms with Crippen molar-refractivity contribution in [1.82, 2.24) is 10.2 Å². The normalized spacial score (nSPS) is 14.8. The second-order valence-electron chi connectivity index (χ2n) is 5.35. The highest BCUT2D eigenvalue weighted by molar-refractivity contribution is 5.34. The van der Waals surface area contributed by atoms with E-state index in [0.717, 1.165) is 6.07 Å². The van der Waals surface area contributed by atoms with E-state index in [2.05, 4.69) is 5.32 Å². The third-order valence-electron chi connectivity index (χ3n) is 3.72. The number of likely N-dealkylation sites (N-methyl/N-ethyl adjacent to an activating group) is 2. The zero-order valence-corrected chi connectivity index (χ0v) is 12.0. The van der Waals surface area contributed by atoms with Gasteiger partial charge < -0.3 is 10.2 Å². The Morgan fingerprint density at radius 2 is 1.63 bits per heavy atom. The molecule has 0 aliphatic rings. The summed E-state index contributed by atoms with van der Waals surface area (Å²) in [5.41, 5.74) is -0.753. The van der Waals surface area contributed by atoms with Gasteiger partial charge in [0, 0.05) is 5.54 Å². The highest BCUT2D eigenvalue weighted by Gasteiger charge is 2.39. The summed E-state index contributed by atoms with van der Waals surface area (Å²) in [4.78, 5) is 1.92. The van der Waals surface area contributed by atoms with Crippen LogP contribution >= 0.6 is 0 Å². The molecular weight excluding hydrogens is 253 g/mol. The minimum Gasteiger partial charge on any atom is -0.311 e. The van der Waals surface area contributed by atoms with Crippen LogP contribution in [0.5, 0.6) is 0 Å². The van der Waals surface area contributed by atoms with Crippen LogP contribution in [0.25, 0.3) is 0 Å². The molecule has 2 nitrogen and oxygen atoms in total. The van der Waals surface area contributed by atoms with Crippen molar-refractivity contribution < 1.29 is 13.2 Å². The molecule has 0 aliphatic carbocycles. The lowest BCUT2D eigenvalue weighted by atomic mass is 9.85. The minimum atomic E-state index is -4.34. The van der Waals surface area contributed by atoms with Crippen molar-refractivity contribution in [3.8, 4) is 0 Å². The van der Waals surface area contributed by atoms with Crippen molar-refractivity contribution >= 4 is 0 Å². The maximum absolute atomic E-state index is 13.1. The molecule has 1 rings (SSSR count). The first-order valence-corrected chi connectivity index (χ1v) is 6.13. The fraction of sp³-hybridized carbons (Fsp3) is 0.571. The largest absolute Gasteiger partial charge is 0.416 e. The van der Waals surface area contributed by atoms with Gasteiger partial charge in [-0.1, -0.05) is 18.2 Å². The number of benzene rings is 1. The molecule has 0 spiro atoms. The van der Waals surface area contributed by atoms with Crippen molar-refractivity contribution in [2.24, 2.45) is 0 Å². The number of halogens is 3. The molecule has 19 heavy (non-hydrogen) atoms. The van der Waals surface area contributed by atoms with Crippen LogP contribution in [0.2, 0.25) is 0 Å². The Morgan fingerprint density at radius 3 is 2.05 bits per heavy atom. The molecule has 0 aromatic heterocycles. The average Bonchev–Trinajstić information content (AvgIpc) is 2.28. The summed E-state index contributed by atoms with van der Waals surface area (Å²) in [6.07, 6.45) is -4.34. The predicted molar refractivity (Wildman–Crippen MR) is 71.0 cm³/mol. The van der Waals surface area contributed by atoms with Gasteiger partial charge in [0.1, 0.15) is 0 Å². The Morgan fingerprint density at radius 1 is 1.11 bits per heavy atom. The third-order valence-corrected chi connectivity index (χ3v) is 3.72. The Hall–Kier alpha value is -1.07. The Bertz CT molecular complexity index is 425. The van der Waals surface area contributed by atoms with Gasteiger partial charge in [-0.15, -0.1) is 0 Å². The van der Waals surface area contributed by atoms with Gasteiger partial charge in [0.15, 0.2) is 0 Å². The summed E-state index contributed by atoms with van der Waals surface area (Å²) in [6.45, 7) is 3.84. The molecule has 0 saturated heterocycles. The van der Waals surface area contributed by atoms with Gasteiger partial charge in [-0.3, -0.25) is 0 Å².